The average Bonchev–Trinajstić information content (AvgIpc) is 2.01. The molecule has 0 aromatic heterocycles. The van der Waals surface area contributed by atoms with E-state index in [-0.39, 0.29) is 0 Å². The zero-order chi connectivity index (χ0) is 7.07. The normalized spacial score (nSPS) is 22.4. The van der Waals surface area contributed by atoms with Crippen molar-refractivity contribution in [3.63, 3.8) is 0 Å². The summed E-state index contributed by atoms with van der Waals surface area (Å²) in [7, 11) is 0. The Morgan fingerprint density at radius 1 is 0.700 bits per heavy atom. The van der Waals surface area contributed by atoms with Crippen molar-refractivity contribution in [2.75, 3.05) is 0 Å². The van der Waals surface area contributed by atoms with Crippen LogP contribution < -0.4 is 0 Å². The van der Waals surface area contributed by atoms with E-state index in [1.54, 1.807) is 0 Å². The molecular weight excluding hydrogens is 120 g/mol. The van der Waals surface area contributed by atoms with E-state index >= 15 is 0 Å². The van der Waals surface area contributed by atoms with Gasteiger partial charge in [0, 0.05) is 0 Å². The topological polar surface area (TPSA) is 0 Å². The van der Waals surface area contributed by atoms with Gasteiger partial charge in [-0.3, -0.25) is 0 Å². The minimum absolute atomic E-state index is 1.09. The molecule has 0 heteroatoms. The molecule has 0 aliphatic heterocycles. The Kier molecular flexibility index (Phi) is 3.69. The minimum atomic E-state index is 1.09. The van der Waals surface area contributed by atoms with Crippen LogP contribution in [0.1, 0.15) is 25.7 Å². The van der Waals surface area contributed by atoms with Gasteiger partial charge in [-0.1, -0.05) is 36.5 Å². The van der Waals surface area contributed by atoms with Crippen LogP contribution in [0.4, 0.5) is 0 Å². The van der Waals surface area contributed by atoms with E-state index in [0.717, 1.165) is 6.42 Å². The van der Waals surface area contributed by atoms with Crippen molar-refractivity contribution in [2.45, 2.75) is 25.7 Å². The maximum Gasteiger partial charge on any atom is -0.0166 e. The molecule has 0 saturated carbocycles. The first kappa shape index (κ1) is 7.33. The molecule has 1 rings (SSSR count). The van der Waals surface area contributed by atoms with Crippen LogP contribution in [0, 0.1) is 0 Å². The van der Waals surface area contributed by atoms with Gasteiger partial charge in [-0.15, -0.1) is 0 Å². The van der Waals surface area contributed by atoms with Crippen LogP contribution in [-0.4, -0.2) is 0 Å². The summed E-state index contributed by atoms with van der Waals surface area (Å²) in [5, 5.41) is 0. The molecule has 0 heterocycles. The maximum absolute atomic E-state index is 2.27. The van der Waals surface area contributed by atoms with Gasteiger partial charge in [-0.2, -0.15) is 0 Å². The third-order valence-corrected chi connectivity index (χ3v) is 1.56. The zero-order valence-electron chi connectivity index (χ0n) is 6.29. The predicted octanol–water partition coefficient (Wildman–Crippen LogP) is 3.23. The SMILES string of the molecule is C1=CCCCC=CC/C=C/1. The van der Waals surface area contributed by atoms with Gasteiger partial charge in [0.05, 0.1) is 0 Å². The first-order chi connectivity index (χ1) is 5.00. The van der Waals surface area contributed by atoms with Crippen LogP contribution in [0.2, 0.25) is 0 Å². The highest BCUT2D eigenvalue weighted by molar-refractivity contribution is 5.05. The highest BCUT2D eigenvalue weighted by atomic mass is 13.9. The molecule has 0 N–H and O–H groups in total. The van der Waals surface area contributed by atoms with E-state index < -0.39 is 0 Å². The standard InChI is InChI=1S/C10H14/c1-2-4-6-8-10-9-7-5-3-1/h1-4,7,9H,5-6,8,10H2/b3-1+,4-2?,9-7?. The lowest BCUT2D eigenvalue weighted by Crippen LogP contribution is -1.70. The summed E-state index contributed by atoms with van der Waals surface area (Å²) >= 11 is 0. The van der Waals surface area contributed by atoms with Crippen LogP contribution in [0.25, 0.3) is 0 Å². The van der Waals surface area contributed by atoms with Crippen LogP contribution in [0.15, 0.2) is 36.5 Å². The summed E-state index contributed by atoms with van der Waals surface area (Å²) in [6.07, 6.45) is 18.0. The van der Waals surface area contributed by atoms with E-state index in [1.165, 1.54) is 19.3 Å². The smallest absolute Gasteiger partial charge is 0.0166 e. The zero-order valence-corrected chi connectivity index (χ0v) is 6.29. The number of rotatable bonds is 0. The van der Waals surface area contributed by atoms with Crippen molar-refractivity contribution in [3.05, 3.63) is 36.5 Å². The van der Waals surface area contributed by atoms with Crippen molar-refractivity contribution in [1.29, 1.82) is 0 Å². The lowest BCUT2D eigenvalue weighted by molar-refractivity contribution is 0.865. The van der Waals surface area contributed by atoms with E-state index in [0.29, 0.717) is 0 Å². The Morgan fingerprint density at radius 2 is 1.50 bits per heavy atom. The van der Waals surface area contributed by atoms with Crippen molar-refractivity contribution in [2.24, 2.45) is 0 Å². The van der Waals surface area contributed by atoms with Gasteiger partial charge in [-0.25, -0.2) is 0 Å². The molecular formula is C10H14. The van der Waals surface area contributed by atoms with Crippen molar-refractivity contribution in [1.82, 2.24) is 0 Å². The number of hydrogen-bond donors (Lipinski definition) is 0. The second kappa shape index (κ2) is 5.04. The fraction of sp³-hybridized carbons (Fsp3) is 0.400. The van der Waals surface area contributed by atoms with Crippen LogP contribution in [-0.2, 0) is 0 Å². The van der Waals surface area contributed by atoms with E-state index in [9.17, 15) is 0 Å². The Balaban J connectivity index is 2.38. The molecule has 0 unspecified atom stereocenters. The Morgan fingerprint density at radius 3 is 2.50 bits per heavy atom. The molecule has 0 aromatic carbocycles. The van der Waals surface area contributed by atoms with Gasteiger partial charge in [0.2, 0.25) is 0 Å². The molecule has 0 spiro atoms. The van der Waals surface area contributed by atoms with Crippen molar-refractivity contribution in [3.8, 4) is 0 Å². The highest BCUT2D eigenvalue weighted by Crippen LogP contribution is 2.01. The largest absolute Gasteiger partial charge is 0.0882 e. The molecule has 1 aliphatic rings. The minimum Gasteiger partial charge on any atom is -0.0882 e. The summed E-state index contributed by atoms with van der Waals surface area (Å²) < 4.78 is 0. The number of hydrogen-bond acceptors (Lipinski definition) is 0. The van der Waals surface area contributed by atoms with Crippen molar-refractivity contribution >= 4 is 0 Å². The van der Waals surface area contributed by atoms with Gasteiger partial charge >= 0.3 is 0 Å². The first-order valence-corrected chi connectivity index (χ1v) is 3.97. The molecule has 0 nitrogen and oxygen atoms in total. The van der Waals surface area contributed by atoms with Crippen molar-refractivity contribution < 1.29 is 0 Å². The molecule has 10 heavy (non-hydrogen) atoms. The summed E-state index contributed by atoms with van der Waals surface area (Å²) in [5.74, 6) is 0. The molecule has 54 valence electrons. The third kappa shape index (κ3) is 3.29. The molecule has 0 radical (unpaired) electrons. The van der Waals surface area contributed by atoms with Crippen LogP contribution in [0.3, 0.4) is 0 Å². The quantitative estimate of drug-likeness (QED) is 0.446. The highest BCUT2D eigenvalue weighted by Gasteiger charge is 1.80. The van der Waals surface area contributed by atoms with E-state index in [1.807, 2.05) is 0 Å². The summed E-state index contributed by atoms with van der Waals surface area (Å²) in [4.78, 5) is 0. The second-order valence-electron chi connectivity index (χ2n) is 2.49. The Bertz CT molecular complexity index is 149. The van der Waals surface area contributed by atoms with Gasteiger partial charge < -0.3 is 0 Å². The monoisotopic (exact) mass is 134 g/mol. The number of allylic oxidation sites excluding steroid dienone is 6. The van der Waals surface area contributed by atoms with Crippen LogP contribution in [0.5, 0.6) is 0 Å². The molecule has 0 atom stereocenters. The fourth-order valence-corrected chi connectivity index (χ4v) is 0.978. The van der Waals surface area contributed by atoms with Gasteiger partial charge in [-0.05, 0) is 25.7 Å². The van der Waals surface area contributed by atoms with Crippen LogP contribution >= 0.6 is 0 Å². The predicted molar refractivity (Wildman–Crippen MR) is 45.9 cm³/mol. The van der Waals surface area contributed by atoms with Gasteiger partial charge in [0.25, 0.3) is 0 Å². The first-order valence-electron chi connectivity index (χ1n) is 3.97. The Hall–Kier alpha value is -0.780. The molecule has 0 bridgehead atoms. The van der Waals surface area contributed by atoms with Gasteiger partial charge in [0.15, 0.2) is 0 Å². The molecule has 0 aromatic rings. The Labute approximate surface area is 62.9 Å². The molecule has 0 saturated heterocycles. The lowest BCUT2D eigenvalue weighted by atomic mass is 10.2. The molecule has 0 fully saturated rings. The second-order valence-corrected chi connectivity index (χ2v) is 2.49. The summed E-state index contributed by atoms with van der Waals surface area (Å²) in [5.41, 5.74) is 0. The van der Waals surface area contributed by atoms with E-state index in [4.69, 9.17) is 0 Å². The summed E-state index contributed by atoms with van der Waals surface area (Å²) in [6.45, 7) is 0. The lowest BCUT2D eigenvalue weighted by Gasteiger charge is -1.91. The molecule has 1 aliphatic carbocycles. The van der Waals surface area contributed by atoms with E-state index in [2.05, 4.69) is 36.5 Å². The maximum atomic E-state index is 2.27. The molecule has 0 amide bonds. The van der Waals surface area contributed by atoms with Gasteiger partial charge in [0.1, 0.15) is 0 Å². The summed E-state index contributed by atoms with van der Waals surface area (Å²) in [6, 6.07) is 0. The third-order valence-electron chi connectivity index (χ3n) is 1.56. The fourth-order valence-electron chi connectivity index (χ4n) is 0.978. The average molecular weight is 134 g/mol.